The highest BCUT2D eigenvalue weighted by atomic mass is 32.1. The lowest BCUT2D eigenvalue weighted by Crippen LogP contribution is -2.37. The minimum Gasteiger partial charge on any atom is -0.423 e. The largest absolute Gasteiger partial charge is 0.423 e. The van der Waals surface area contributed by atoms with Crippen LogP contribution >= 0.6 is 11.3 Å². The van der Waals surface area contributed by atoms with E-state index in [0.29, 0.717) is 48.7 Å². The number of nitrogens with one attached hydrogen (secondary N) is 1. The van der Waals surface area contributed by atoms with Gasteiger partial charge in [-0.3, -0.25) is 9.89 Å². The number of fused-ring (bicyclic) bond motifs is 1. The van der Waals surface area contributed by atoms with Crippen LogP contribution in [-0.2, 0) is 4.74 Å². The standard InChI is InChI=1S/C21H21N7O3S/c1-27(2)19(29)17-10-13(12-32-17)31-21-24-18(14-4-3-5-16-15(14)11-22-26-16)23-20(25-21)28-6-8-30-9-7-28/h3-5,10-12H,6-9H2,1-2H3,(H,22,26). The van der Waals surface area contributed by atoms with Crippen LogP contribution < -0.4 is 9.64 Å². The van der Waals surface area contributed by atoms with Crippen molar-refractivity contribution in [2.45, 2.75) is 0 Å². The number of H-pyrrole nitrogens is 1. The summed E-state index contributed by atoms with van der Waals surface area (Å²) in [5, 5.41) is 9.78. The summed E-state index contributed by atoms with van der Waals surface area (Å²) in [4.78, 5) is 30.2. The van der Waals surface area contributed by atoms with Crippen LogP contribution in [0.15, 0.2) is 35.8 Å². The van der Waals surface area contributed by atoms with Crippen LogP contribution in [0.1, 0.15) is 9.67 Å². The van der Waals surface area contributed by atoms with E-state index in [9.17, 15) is 4.79 Å². The molecule has 164 valence electrons. The first-order valence-electron chi connectivity index (χ1n) is 10.1. The average Bonchev–Trinajstić information content (AvgIpc) is 3.48. The molecule has 0 atom stereocenters. The molecule has 10 nitrogen and oxygen atoms in total. The minimum absolute atomic E-state index is 0.0816. The number of carbonyl (C=O) groups excluding carboxylic acids is 1. The molecule has 4 heterocycles. The van der Waals surface area contributed by atoms with Gasteiger partial charge in [0.1, 0.15) is 5.75 Å². The van der Waals surface area contributed by atoms with Gasteiger partial charge in [-0.2, -0.15) is 20.1 Å². The Balaban J connectivity index is 1.54. The fourth-order valence-electron chi connectivity index (χ4n) is 3.39. The maximum atomic E-state index is 12.2. The van der Waals surface area contributed by atoms with Crippen molar-refractivity contribution < 1.29 is 14.3 Å². The first kappa shape index (κ1) is 20.3. The molecule has 0 saturated carbocycles. The van der Waals surface area contributed by atoms with E-state index in [1.54, 1.807) is 31.7 Å². The highest BCUT2D eigenvalue weighted by Crippen LogP contribution is 2.30. The Hall–Kier alpha value is -3.57. The van der Waals surface area contributed by atoms with Gasteiger partial charge in [-0.05, 0) is 6.07 Å². The fourth-order valence-corrected chi connectivity index (χ4v) is 4.22. The highest BCUT2D eigenvalue weighted by Gasteiger charge is 2.20. The van der Waals surface area contributed by atoms with Gasteiger partial charge in [0.15, 0.2) is 5.82 Å². The zero-order valence-electron chi connectivity index (χ0n) is 17.6. The van der Waals surface area contributed by atoms with Crippen molar-refractivity contribution in [3.05, 3.63) is 40.7 Å². The number of aromatic nitrogens is 5. The highest BCUT2D eigenvalue weighted by molar-refractivity contribution is 7.12. The summed E-state index contributed by atoms with van der Waals surface area (Å²) in [5.74, 6) is 1.44. The molecule has 5 rings (SSSR count). The van der Waals surface area contributed by atoms with Gasteiger partial charge in [0.25, 0.3) is 5.91 Å². The van der Waals surface area contributed by atoms with Crippen molar-refractivity contribution in [2.75, 3.05) is 45.3 Å². The number of rotatable bonds is 5. The Bertz CT molecular complexity index is 1260. The molecule has 4 aromatic rings. The summed E-state index contributed by atoms with van der Waals surface area (Å²) in [6.07, 6.45) is 1.75. The quantitative estimate of drug-likeness (QED) is 0.493. The maximum Gasteiger partial charge on any atom is 0.327 e. The van der Waals surface area contributed by atoms with Gasteiger partial charge in [0.2, 0.25) is 5.95 Å². The smallest absolute Gasteiger partial charge is 0.327 e. The molecule has 1 fully saturated rings. The van der Waals surface area contributed by atoms with Crippen LogP contribution in [0.3, 0.4) is 0 Å². The van der Waals surface area contributed by atoms with E-state index in [2.05, 4.69) is 20.2 Å². The van der Waals surface area contributed by atoms with E-state index < -0.39 is 0 Å². The summed E-state index contributed by atoms with van der Waals surface area (Å²) in [5.41, 5.74) is 1.72. The predicted molar refractivity (Wildman–Crippen MR) is 120 cm³/mol. The number of ether oxygens (including phenoxy) is 2. The molecular formula is C21H21N7O3S. The van der Waals surface area contributed by atoms with Crippen molar-refractivity contribution in [3.63, 3.8) is 0 Å². The number of thiophene rings is 1. The molecule has 0 radical (unpaired) electrons. The molecule has 1 N–H and O–H groups in total. The van der Waals surface area contributed by atoms with Crippen LogP contribution in [0, 0.1) is 0 Å². The topological polar surface area (TPSA) is 109 Å². The molecule has 3 aromatic heterocycles. The molecule has 0 unspecified atom stereocenters. The van der Waals surface area contributed by atoms with Gasteiger partial charge >= 0.3 is 6.01 Å². The molecule has 1 aromatic carbocycles. The number of anilines is 1. The van der Waals surface area contributed by atoms with Crippen LogP contribution in [0.2, 0.25) is 0 Å². The number of aromatic amines is 1. The molecule has 1 saturated heterocycles. The zero-order valence-corrected chi connectivity index (χ0v) is 18.4. The Morgan fingerprint density at radius 1 is 1.22 bits per heavy atom. The summed E-state index contributed by atoms with van der Waals surface area (Å²) in [6.45, 7) is 2.57. The third kappa shape index (κ3) is 3.99. The number of morpholine rings is 1. The van der Waals surface area contributed by atoms with Gasteiger partial charge < -0.3 is 19.3 Å². The maximum absolute atomic E-state index is 12.2. The van der Waals surface area contributed by atoms with E-state index in [-0.39, 0.29) is 11.9 Å². The molecule has 1 aliphatic rings. The lowest BCUT2D eigenvalue weighted by molar-refractivity contribution is 0.0832. The van der Waals surface area contributed by atoms with Gasteiger partial charge in [0, 0.05) is 49.6 Å². The third-order valence-corrected chi connectivity index (χ3v) is 5.92. The first-order chi connectivity index (χ1) is 15.6. The number of benzene rings is 1. The number of nitrogens with zero attached hydrogens (tertiary/aromatic N) is 6. The second kappa shape index (κ2) is 8.52. The van der Waals surface area contributed by atoms with E-state index in [1.165, 1.54) is 16.2 Å². The van der Waals surface area contributed by atoms with Crippen molar-refractivity contribution in [1.29, 1.82) is 0 Å². The second-order valence-electron chi connectivity index (χ2n) is 7.43. The Morgan fingerprint density at radius 3 is 2.88 bits per heavy atom. The minimum atomic E-state index is -0.0816. The normalized spacial score (nSPS) is 14.0. The number of hydrogen-bond acceptors (Lipinski definition) is 9. The van der Waals surface area contributed by atoms with Crippen LogP contribution in [0.25, 0.3) is 22.3 Å². The average molecular weight is 452 g/mol. The van der Waals surface area contributed by atoms with Crippen molar-refractivity contribution in [1.82, 2.24) is 30.0 Å². The van der Waals surface area contributed by atoms with E-state index in [0.717, 1.165) is 16.5 Å². The Kier molecular flexibility index (Phi) is 5.41. The molecule has 11 heteroatoms. The van der Waals surface area contributed by atoms with E-state index >= 15 is 0 Å². The number of hydrogen-bond donors (Lipinski definition) is 1. The molecule has 0 spiro atoms. The summed E-state index contributed by atoms with van der Waals surface area (Å²) >= 11 is 1.31. The molecule has 0 aliphatic carbocycles. The summed E-state index contributed by atoms with van der Waals surface area (Å²) in [7, 11) is 3.43. The predicted octanol–water partition coefficient (Wildman–Crippen LogP) is 2.81. The number of amides is 1. The third-order valence-electron chi connectivity index (χ3n) is 5.02. The summed E-state index contributed by atoms with van der Waals surface area (Å²) < 4.78 is 11.4. The van der Waals surface area contributed by atoms with Gasteiger partial charge in [0.05, 0.1) is 29.8 Å². The molecular weight excluding hydrogens is 430 g/mol. The van der Waals surface area contributed by atoms with Crippen LogP contribution in [0.5, 0.6) is 11.8 Å². The molecule has 0 bridgehead atoms. The lowest BCUT2D eigenvalue weighted by atomic mass is 10.1. The van der Waals surface area contributed by atoms with Crippen molar-refractivity contribution in [2.24, 2.45) is 0 Å². The van der Waals surface area contributed by atoms with Crippen molar-refractivity contribution >= 4 is 34.1 Å². The first-order valence-corrected chi connectivity index (χ1v) is 11.0. The lowest BCUT2D eigenvalue weighted by Gasteiger charge is -2.27. The van der Waals surface area contributed by atoms with Crippen molar-refractivity contribution in [3.8, 4) is 23.1 Å². The SMILES string of the molecule is CN(C)C(=O)c1cc(Oc2nc(-c3cccc4[nH]ncc34)nc(N3CCOCC3)n2)cs1. The van der Waals surface area contributed by atoms with Gasteiger partial charge in [-0.25, -0.2) is 0 Å². The second-order valence-corrected chi connectivity index (χ2v) is 8.34. The molecule has 1 amide bonds. The monoisotopic (exact) mass is 451 g/mol. The Morgan fingerprint density at radius 2 is 2.06 bits per heavy atom. The summed E-state index contributed by atoms with van der Waals surface area (Å²) in [6, 6.07) is 7.67. The Labute approximate surface area is 187 Å². The molecule has 1 aliphatic heterocycles. The fraction of sp³-hybridized carbons (Fsp3) is 0.286. The van der Waals surface area contributed by atoms with Gasteiger partial charge in [-0.15, -0.1) is 11.3 Å². The van der Waals surface area contributed by atoms with E-state index in [1.807, 2.05) is 23.1 Å². The number of carbonyl (C=O) groups is 1. The van der Waals surface area contributed by atoms with E-state index in [4.69, 9.17) is 14.5 Å². The van der Waals surface area contributed by atoms with Crippen LogP contribution in [-0.4, -0.2) is 76.4 Å². The zero-order chi connectivity index (χ0) is 22.1. The van der Waals surface area contributed by atoms with Gasteiger partial charge in [-0.1, -0.05) is 12.1 Å². The van der Waals surface area contributed by atoms with Crippen LogP contribution in [0.4, 0.5) is 5.95 Å². The molecule has 32 heavy (non-hydrogen) atoms.